The summed E-state index contributed by atoms with van der Waals surface area (Å²) in [5.41, 5.74) is -1.37. The Kier molecular flexibility index (Phi) is 5.77. The molecule has 0 aliphatic heterocycles. The third kappa shape index (κ3) is 3.29. The van der Waals surface area contributed by atoms with Crippen molar-refractivity contribution < 1.29 is 9.90 Å². The fraction of sp³-hybridized carbons (Fsp3) is 0.300. The predicted octanol–water partition coefficient (Wildman–Crippen LogP) is 2.76. The van der Waals surface area contributed by atoms with Gasteiger partial charge in [0.05, 0.1) is 10.1 Å². The Hall–Kier alpha value is -0.570. The summed E-state index contributed by atoms with van der Waals surface area (Å²) in [4.78, 5) is 10.4. The van der Waals surface area contributed by atoms with Crippen LogP contribution in [0.4, 0.5) is 0 Å². The van der Waals surface area contributed by atoms with E-state index in [1.165, 1.54) is 12.2 Å². The number of carbonyl (C=O) groups is 1. The normalized spacial score (nSPS) is 13.1. The molecule has 0 spiro atoms. The standard InChI is InChI=1S/C10H12Cl2O2/c1-3-5-10(14,6-4-2)9(12)8(11)7-13/h3-4,7,14H,1-2,5-6H2/b9-8-. The van der Waals surface area contributed by atoms with Crippen molar-refractivity contribution in [3.8, 4) is 0 Å². The Morgan fingerprint density at radius 1 is 1.29 bits per heavy atom. The molecule has 0 saturated heterocycles. The fourth-order valence-corrected chi connectivity index (χ4v) is 1.39. The number of carbonyl (C=O) groups excluding carboxylic acids is 1. The Bertz CT molecular complexity index is 259. The van der Waals surface area contributed by atoms with Crippen LogP contribution >= 0.6 is 23.2 Å². The van der Waals surface area contributed by atoms with Gasteiger partial charge in [0, 0.05) is 0 Å². The van der Waals surface area contributed by atoms with Gasteiger partial charge in [-0.25, -0.2) is 0 Å². The molecule has 14 heavy (non-hydrogen) atoms. The highest BCUT2D eigenvalue weighted by molar-refractivity contribution is 6.45. The smallest absolute Gasteiger partial charge is 0.162 e. The van der Waals surface area contributed by atoms with Crippen LogP contribution in [0.25, 0.3) is 0 Å². The highest BCUT2D eigenvalue weighted by Crippen LogP contribution is 2.32. The maximum Gasteiger partial charge on any atom is 0.162 e. The summed E-state index contributed by atoms with van der Waals surface area (Å²) < 4.78 is 0. The van der Waals surface area contributed by atoms with Crippen LogP contribution in [0.3, 0.4) is 0 Å². The van der Waals surface area contributed by atoms with E-state index in [4.69, 9.17) is 23.2 Å². The van der Waals surface area contributed by atoms with E-state index < -0.39 is 5.60 Å². The lowest BCUT2D eigenvalue weighted by atomic mass is 9.94. The summed E-state index contributed by atoms with van der Waals surface area (Å²) in [5.74, 6) is 0. The van der Waals surface area contributed by atoms with E-state index >= 15 is 0 Å². The molecule has 0 unspecified atom stereocenters. The van der Waals surface area contributed by atoms with Crippen LogP contribution in [-0.2, 0) is 4.79 Å². The van der Waals surface area contributed by atoms with Crippen molar-refractivity contribution in [1.82, 2.24) is 0 Å². The molecule has 2 nitrogen and oxygen atoms in total. The van der Waals surface area contributed by atoms with Crippen LogP contribution in [-0.4, -0.2) is 17.0 Å². The van der Waals surface area contributed by atoms with E-state index in [2.05, 4.69) is 13.2 Å². The van der Waals surface area contributed by atoms with Gasteiger partial charge in [-0.3, -0.25) is 4.79 Å². The van der Waals surface area contributed by atoms with Gasteiger partial charge < -0.3 is 5.11 Å². The Morgan fingerprint density at radius 3 is 2.00 bits per heavy atom. The van der Waals surface area contributed by atoms with Crippen molar-refractivity contribution in [3.63, 3.8) is 0 Å². The number of rotatable bonds is 6. The van der Waals surface area contributed by atoms with E-state index in [0.717, 1.165) is 0 Å². The zero-order chi connectivity index (χ0) is 11.2. The van der Waals surface area contributed by atoms with Crippen molar-refractivity contribution in [2.45, 2.75) is 18.4 Å². The van der Waals surface area contributed by atoms with E-state index in [0.29, 0.717) is 6.29 Å². The van der Waals surface area contributed by atoms with Crippen LogP contribution in [0.2, 0.25) is 0 Å². The lowest BCUT2D eigenvalue weighted by Gasteiger charge is -2.25. The number of aldehydes is 1. The molecule has 0 bridgehead atoms. The highest BCUT2D eigenvalue weighted by Gasteiger charge is 2.30. The minimum absolute atomic E-state index is 0.0750. The molecule has 0 radical (unpaired) electrons. The van der Waals surface area contributed by atoms with Crippen molar-refractivity contribution in [3.05, 3.63) is 35.4 Å². The number of hydrogen-bond acceptors (Lipinski definition) is 2. The van der Waals surface area contributed by atoms with Crippen LogP contribution in [0.5, 0.6) is 0 Å². The minimum atomic E-state index is -1.37. The van der Waals surface area contributed by atoms with E-state index in [1.807, 2.05) is 0 Å². The SMILES string of the molecule is C=CCC(O)(CC=C)/C(Cl)=C(/Cl)C=O. The van der Waals surface area contributed by atoms with E-state index in [9.17, 15) is 9.90 Å². The van der Waals surface area contributed by atoms with Gasteiger partial charge in [0.25, 0.3) is 0 Å². The fourth-order valence-electron chi connectivity index (χ4n) is 1.01. The summed E-state index contributed by atoms with van der Waals surface area (Å²) in [7, 11) is 0. The molecule has 0 aliphatic rings. The van der Waals surface area contributed by atoms with Crippen LogP contribution < -0.4 is 0 Å². The monoisotopic (exact) mass is 234 g/mol. The Morgan fingerprint density at radius 2 is 1.71 bits per heavy atom. The first kappa shape index (κ1) is 13.4. The second-order valence-electron chi connectivity index (χ2n) is 2.80. The van der Waals surface area contributed by atoms with Gasteiger partial charge in [0.1, 0.15) is 5.60 Å². The molecule has 0 aromatic rings. The molecule has 0 fully saturated rings. The van der Waals surface area contributed by atoms with Gasteiger partial charge in [-0.05, 0) is 12.8 Å². The second kappa shape index (κ2) is 6.02. The predicted molar refractivity (Wildman–Crippen MR) is 59.4 cm³/mol. The average molecular weight is 235 g/mol. The molecule has 78 valence electrons. The maximum absolute atomic E-state index is 10.4. The molecule has 0 aromatic carbocycles. The van der Waals surface area contributed by atoms with Crippen LogP contribution in [0.15, 0.2) is 35.4 Å². The molecular weight excluding hydrogens is 223 g/mol. The van der Waals surface area contributed by atoms with Gasteiger partial charge >= 0.3 is 0 Å². The van der Waals surface area contributed by atoms with Crippen molar-refractivity contribution >= 4 is 29.5 Å². The molecule has 0 amide bonds. The van der Waals surface area contributed by atoms with E-state index in [-0.39, 0.29) is 22.9 Å². The van der Waals surface area contributed by atoms with Gasteiger partial charge in [-0.15, -0.1) is 13.2 Å². The third-order valence-electron chi connectivity index (χ3n) is 1.69. The molecular formula is C10H12Cl2O2. The van der Waals surface area contributed by atoms with Crippen LogP contribution in [0.1, 0.15) is 12.8 Å². The maximum atomic E-state index is 10.4. The quantitative estimate of drug-likeness (QED) is 0.436. The molecule has 0 saturated carbocycles. The van der Waals surface area contributed by atoms with Gasteiger partial charge in [0.2, 0.25) is 0 Å². The molecule has 4 heteroatoms. The largest absolute Gasteiger partial charge is 0.384 e. The van der Waals surface area contributed by atoms with Gasteiger partial charge in [-0.2, -0.15) is 0 Å². The summed E-state index contributed by atoms with van der Waals surface area (Å²) in [6.07, 6.45) is 3.81. The molecule has 0 aromatic heterocycles. The minimum Gasteiger partial charge on any atom is -0.384 e. The number of aliphatic hydroxyl groups is 1. The zero-order valence-electron chi connectivity index (χ0n) is 7.67. The second-order valence-corrected chi connectivity index (χ2v) is 3.58. The summed E-state index contributed by atoms with van der Waals surface area (Å²) in [6.45, 7) is 6.98. The number of allylic oxidation sites excluding steroid dienone is 1. The lowest BCUT2D eigenvalue weighted by molar-refractivity contribution is -0.104. The van der Waals surface area contributed by atoms with Gasteiger partial charge in [-0.1, -0.05) is 35.4 Å². The first-order valence-corrected chi connectivity index (χ1v) is 4.72. The first-order chi connectivity index (χ1) is 6.51. The van der Waals surface area contributed by atoms with Crippen LogP contribution in [0, 0.1) is 0 Å². The van der Waals surface area contributed by atoms with E-state index in [1.54, 1.807) is 0 Å². The molecule has 0 atom stereocenters. The first-order valence-electron chi connectivity index (χ1n) is 3.97. The van der Waals surface area contributed by atoms with Crippen molar-refractivity contribution in [1.29, 1.82) is 0 Å². The van der Waals surface area contributed by atoms with Crippen molar-refractivity contribution in [2.24, 2.45) is 0 Å². The number of hydrogen-bond donors (Lipinski definition) is 1. The third-order valence-corrected chi connectivity index (χ3v) is 2.62. The lowest BCUT2D eigenvalue weighted by Crippen LogP contribution is -2.28. The zero-order valence-corrected chi connectivity index (χ0v) is 9.18. The molecule has 0 aliphatic carbocycles. The summed E-state index contributed by atoms with van der Waals surface area (Å²) >= 11 is 11.3. The summed E-state index contributed by atoms with van der Waals surface area (Å²) in [6, 6.07) is 0. The summed E-state index contributed by atoms with van der Waals surface area (Å²) in [5, 5.41) is 9.73. The topological polar surface area (TPSA) is 37.3 Å². The Balaban J connectivity index is 5.07. The molecule has 1 N–H and O–H groups in total. The molecule has 0 heterocycles. The van der Waals surface area contributed by atoms with Gasteiger partial charge in [0.15, 0.2) is 6.29 Å². The van der Waals surface area contributed by atoms with Crippen molar-refractivity contribution in [2.75, 3.05) is 0 Å². The Labute approximate surface area is 93.5 Å². The number of halogens is 2. The average Bonchev–Trinajstić information content (AvgIpc) is 2.16. The highest BCUT2D eigenvalue weighted by atomic mass is 35.5. The molecule has 0 rings (SSSR count).